The van der Waals surface area contributed by atoms with Gasteiger partial charge < -0.3 is 18.3 Å². The van der Waals surface area contributed by atoms with Gasteiger partial charge >= 0.3 is 51.4 Å². The van der Waals surface area contributed by atoms with Crippen molar-refractivity contribution in [3.8, 4) is 5.75 Å². The van der Waals surface area contributed by atoms with Crippen LogP contribution < -0.4 is 61.3 Å². The Morgan fingerprint density at radius 1 is 1.17 bits per heavy atom. The maximum absolute atomic E-state index is 10.0. The predicted octanol–water partition coefficient (Wildman–Crippen LogP) is -2.12. The summed E-state index contributed by atoms with van der Waals surface area (Å²) in [5.74, 6) is 0.257. The van der Waals surface area contributed by atoms with E-state index in [1.165, 1.54) is 12.1 Å². The molecule has 1 aromatic carbocycles. The van der Waals surface area contributed by atoms with Crippen LogP contribution in [0.25, 0.3) is 0 Å². The first-order chi connectivity index (χ1) is 5.18. The molecule has 0 aliphatic carbocycles. The van der Waals surface area contributed by atoms with Gasteiger partial charge in [0.1, 0.15) is 16.7 Å². The summed E-state index contributed by atoms with van der Waals surface area (Å²) in [6.07, 6.45) is 0. The summed E-state index contributed by atoms with van der Waals surface area (Å²) in [7, 11) is -2.51. The fourth-order valence-corrected chi connectivity index (χ4v) is 0.870. The first-order valence-corrected chi connectivity index (χ1v) is 3.81. The van der Waals surface area contributed by atoms with E-state index >= 15 is 0 Å². The third kappa shape index (κ3) is 4.44. The van der Waals surface area contributed by atoms with Gasteiger partial charge in [-0.1, -0.05) is 0 Å². The van der Waals surface area contributed by atoms with Gasteiger partial charge in [0.15, 0.2) is 0 Å². The molecule has 0 aromatic heterocycles. The molecule has 4 nitrogen and oxygen atoms in total. The number of nitrogens with two attached hydrogens (primary N) is 1. The normalized spacial score (nSPS) is 9.08. The maximum Gasteiger partial charge on any atom is 1.00 e. The molecular weight excluding hydrogens is 205 g/mol. The first-order valence-electron chi connectivity index (χ1n) is 2.81. The van der Waals surface area contributed by atoms with E-state index in [0.717, 1.165) is 0 Å². The van der Waals surface area contributed by atoms with Crippen molar-refractivity contribution in [3.63, 3.8) is 0 Å². The summed E-state index contributed by atoms with van der Waals surface area (Å²) in [5, 5.41) is 0. The average Bonchev–Trinajstić information content (AvgIpc) is 1.93. The Bertz CT molecular complexity index is 301. The second-order valence-electron chi connectivity index (χ2n) is 1.86. The van der Waals surface area contributed by atoms with Gasteiger partial charge in [-0.15, -0.1) is 0 Å². The maximum atomic E-state index is 10.0. The van der Waals surface area contributed by atoms with E-state index in [1.807, 2.05) is 0 Å². The number of hydrogen-bond donors (Lipinski definition) is 1. The van der Waals surface area contributed by atoms with Crippen LogP contribution in [-0.4, -0.2) is 0 Å². The minimum Gasteiger partial charge on any atom is -0.533 e. The molecule has 60 valence electrons. The zero-order valence-corrected chi connectivity index (χ0v) is 10.5. The van der Waals surface area contributed by atoms with Crippen LogP contribution in [-0.2, 0) is 19.4 Å². The molecule has 0 radical (unpaired) electrons. The molecule has 2 N–H and O–H groups in total. The molecule has 0 atom stereocenters. The van der Waals surface area contributed by atoms with Crippen LogP contribution >= 0.6 is 0 Å². The molecular formula is C6H6KNO3S. The monoisotopic (exact) mass is 211 g/mol. The van der Waals surface area contributed by atoms with Gasteiger partial charge in [0, 0.05) is 5.69 Å². The van der Waals surface area contributed by atoms with Crippen molar-refractivity contribution in [3.05, 3.63) is 24.3 Å². The summed E-state index contributed by atoms with van der Waals surface area (Å²) in [4.78, 5) is 0. The number of benzene rings is 1. The smallest absolute Gasteiger partial charge is 0.533 e. The molecule has 1 rings (SSSR count). The third-order valence-electron chi connectivity index (χ3n) is 1.04. The molecule has 0 saturated heterocycles. The van der Waals surface area contributed by atoms with Gasteiger partial charge in [0.2, 0.25) is 0 Å². The molecule has 6 heteroatoms. The van der Waals surface area contributed by atoms with Gasteiger partial charge in [0.25, 0.3) is 0 Å². The molecule has 0 heterocycles. The second-order valence-corrected chi connectivity index (χ2v) is 2.43. The van der Waals surface area contributed by atoms with E-state index in [4.69, 9.17) is 5.73 Å². The van der Waals surface area contributed by atoms with Crippen LogP contribution in [0.4, 0.5) is 5.69 Å². The Hall–Kier alpha value is 0.406. The molecule has 0 fully saturated rings. The van der Waals surface area contributed by atoms with Crippen LogP contribution in [0.3, 0.4) is 0 Å². The van der Waals surface area contributed by atoms with Gasteiger partial charge in [-0.05, 0) is 24.3 Å². The second kappa shape index (κ2) is 5.95. The van der Waals surface area contributed by atoms with Crippen molar-refractivity contribution in [2.75, 3.05) is 5.73 Å². The van der Waals surface area contributed by atoms with E-state index in [0.29, 0.717) is 5.69 Å². The van der Waals surface area contributed by atoms with Crippen LogP contribution in [0.15, 0.2) is 24.3 Å². The topological polar surface area (TPSA) is 69.4 Å². The predicted molar refractivity (Wildman–Crippen MR) is 40.2 cm³/mol. The van der Waals surface area contributed by atoms with E-state index in [9.17, 15) is 8.42 Å². The molecule has 0 saturated carbocycles. The van der Waals surface area contributed by atoms with Gasteiger partial charge in [-0.2, -0.15) is 0 Å². The van der Waals surface area contributed by atoms with Gasteiger partial charge in [0.05, 0.1) is 0 Å². The van der Waals surface area contributed by atoms with Crippen LogP contribution in [0.2, 0.25) is 0 Å². The molecule has 0 amide bonds. The zero-order valence-electron chi connectivity index (χ0n) is 6.52. The minimum absolute atomic E-state index is 0. The Morgan fingerprint density at radius 2 is 1.67 bits per heavy atom. The van der Waals surface area contributed by atoms with E-state index in [-0.39, 0.29) is 57.1 Å². The summed E-state index contributed by atoms with van der Waals surface area (Å²) in [5.41, 5.74) is 5.91. The number of nitrogen functional groups attached to an aromatic ring is 1. The standard InChI is InChI=1S/C6H6NO3S.K/c7-5-1-3-6(4-2-5)10-11(8)9;/h1-4H,7H2;/q-1;+1. The molecule has 12 heavy (non-hydrogen) atoms. The summed E-state index contributed by atoms with van der Waals surface area (Å²) in [6, 6.07) is 6.07. The Kier molecular flexibility index (Phi) is 6.15. The largest absolute Gasteiger partial charge is 1.00 e. The van der Waals surface area contributed by atoms with Crippen molar-refractivity contribution in [1.82, 2.24) is 0 Å². The zero-order chi connectivity index (χ0) is 8.27. The fraction of sp³-hybridized carbons (Fsp3) is 0. The number of rotatable bonds is 2. The first kappa shape index (κ1) is 12.4. The van der Waals surface area contributed by atoms with Crippen LogP contribution in [0.1, 0.15) is 0 Å². The average molecular weight is 211 g/mol. The Morgan fingerprint density at radius 3 is 2.08 bits per heavy atom. The molecule has 1 aromatic rings. The molecule has 0 unspecified atom stereocenters. The van der Waals surface area contributed by atoms with Crippen molar-refractivity contribution < 1.29 is 64.0 Å². The van der Waals surface area contributed by atoms with Crippen molar-refractivity contribution in [2.45, 2.75) is 0 Å². The van der Waals surface area contributed by atoms with Gasteiger partial charge in [-0.3, -0.25) is 0 Å². The minimum atomic E-state index is -2.51. The van der Waals surface area contributed by atoms with Crippen molar-refractivity contribution >= 4 is 16.7 Å². The summed E-state index contributed by atoms with van der Waals surface area (Å²) in [6.45, 7) is 0. The van der Waals surface area contributed by atoms with E-state index < -0.39 is 11.0 Å². The van der Waals surface area contributed by atoms with E-state index in [1.54, 1.807) is 12.1 Å². The molecule has 0 spiro atoms. The van der Waals surface area contributed by atoms with Crippen molar-refractivity contribution in [1.29, 1.82) is 0 Å². The number of anilines is 1. The van der Waals surface area contributed by atoms with Crippen LogP contribution in [0, 0.1) is 0 Å². The van der Waals surface area contributed by atoms with Gasteiger partial charge in [-0.25, -0.2) is 0 Å². The van der Waals surface area contributed by atoms with E-state index in [2.05, 4.69) is 4.18 Å². The fourth-order valence-electron chi connectivity index (χ4n) is 0.602. The summed E-state index contributed by atoms with van der Waals surface area (Å²) >= 11 is 0. The molecule has 0 aliphatic heterocycles. The van der Waals surface area contributed by atoms with Crippen molar-refractivity contribution in [2.24, 2.45) is 0 Å². The quantitative estimate of drug-likeness (QED) is 0.345. The Labute approximate surface area is 115 Å². The third-order valence-corrected chi connectivity index (χ3v) is 1.37. The molecule has 0 aliphatic rings. The molecule has 0 bridgehead atoms. The SMILES string of the molecule is Nc1ccc(O[S-](=O)=O)cc1.[K+]. The Balaban J connectivity index is 0.00000121. The number of hydrogen-bond acceptors (Lipinski definition) is 5. The van der Waals surface area contributed by atoms with Crippen LogP contribution in [0.5, 0.6) is 5.75 Å². The summed E-state index contributed by atoms with van der Waals surface area (Å²) < 4.78 is 24.3.